The molecule has 3 N–H and O–H groups in total. The second-order valence-corrected chi connectivity index (χ2v) is 4.54. The van der Waals surface area contributed by atoms with Crippen LogP contribution in [0.5, 0.6) is 0 Å². The molecule has 1 heterocycles. The Labute approximate surface area is 90.8 Å². The van der Waals surface area contributed by atoms with Crippen LogP contribution in [-0.4, -0.2) is 15.6 Å². The molecule has 1 fully saturated rings. The molecule has 0 aliphatic heterocycles. The highest BCUT2D eigenvalue weighted by Crippen LogP contribution is 2.34. The van der Waals surface area contributed by atoms with E-state index < -0.39 is 0 Å². The van der Waals surface area contributed by atoms with Gasteiger partial charge in [0.2, 0.25) is 0 Å². The van der Waals surface area contributed by atoms with E-state index in [0.29, 0.717) is 6.04 Å². The van der Waals surface area contributed by atoms with E-state index >= 15 is 0 Å². The smallest absolute Gasteiger partial charge is 0.108 e. The first-order chi connectivity index (χ1) is 7.29. The van der Waals surface area contributed by atoms with Crippen LogP contribution in [0.3, 0.4) is 0 Å². The summed E-state index contributed by atoms with van der Waals surface area (Å²) in [5.74, 6) is 7.62. The summed E-state index contributed by atoms with van der Waals surface area (Å²) in [5.41, 5.74) is 2.92. The Morgan fingerprint density at radius 1 is 1.67 bits per heavy atom. The molecule has 1 aliphatic rings. The molecule has 0 spiro atoms. The van der Waals surface area contributed by atoms with Crippen molar-refractivity contribution in [3.63, 3.8) is 0 Å². The van der Waals surface area contributed by atoms with E-state index in [4.69, 9.17) is 5.84 Å². The molecular weight excluding hydrogens is 188 g/mol. The Morgan fingerprint density at radius 2 is 2.47 bits per heavy atom. The summed E-state index contributed by atoms with van der Waals surface area (Å²) < 4.78 is 2.07. The van der Waals surface area contributed by atoms with E-state index in [9.17, 15) is 0 Å². The van der Waals surface area contributed by atoms with Crippen molar-refractivity contribution in [3.05, 3.63) is 18.2 Å². The number of imidazole rings is 1. The SMILES string of the molecule is Cn1ccnc1CCC(CC1CC1)NN. The number of aromatic nitrogens is 2. The number of hydrogen-bond acceptors (Lipinski definition) is 3. The van der Waals surface area contributed by atoms with E-state index in [1.165, 1.54) is 19.3 Å². The minimum absolute atomic E-state index is 0.453. The third-order valence-electron chi connectivity index (χ3n) is 3.19. The van der Waals surface area contributed by atoms with Gasteiger partial charge in [-0.3, -0.25) is 11.3 Å². The van der Waals surface area contributed by atoms with Crippen LogP contribution in [0.1, 0.15) is 31.5 Å². The predicted molar refractivity (Wildman–Crippen MR) is 60.0 cm³/mol. The van der Waals surface area contributed by atoms with E-state index in [0.717, 1.165) is 24.6 Å². The highest BCUT2D eigenvalue weighted by atomic mass is 15.2. The lowest BCUT2D eigenvalue weighted by Gasteiger charge is -2.14. The van der Waals surface area contributed by atoms with Gasteiger partial charge in [-0.05, 0) is 18.8 Å². The van der Waals surface area contributed by atoms with Crippen molar-refractivity contribution >= 4 is 0 Å². The summed E-state index contributed by atoms with van der Waals surface area (Å²) in [6, 6.07) is 0.453. The van der Waals surface area contributed by atoms with Gasteiger partial charge in [-0.1, -0.05) is 12.8 Å². The molecule has 4 nitrogen and oxygen atoms in total. The van der Waals surface area contributed by atoms with Gasteiger partial charge in [0.15, 0.2) is 0 Å². The molecule has 2 rings (SSSR count). The van der Waals surface area contributed by atoms with Crippen LogP contribution < -0.4 is 11.3 Å². The third kappa shape index (κ3) is 3.04. The van der Waals surface area contributed by atoms with E-state index in [1.807, 2.05) is 19.4 Å². The Kier molecular flexibility index (Phi) is 3.38. The summed E-state index contributed by atoms with van der Waals surface area (Å²) >= 11 is 0. The summed E-state index contributed by atoms with van der Waals surface area (Å²) in [6.07, 6.45) is 9.92. The lowest BCUT2D eigenvalue weighted by atomic mass is 10.1. The first-order valence-corrected chi connectivity index (χ1v) is 5.72. The van der Waals surface area contributed by atoms with Gasteiger partial charge in [0, 0.05) is 31.9 Å². The van der Waals surface area contributed by atoms with Crippen LogP contribution in [0.25, 0.3) is 0 Å². The highest BCUT2D eigenvalue weighted by Gasteiger charge is 2.24. The zero-order valence-electron chi connectivity index (χ0n) is 9.32. The van der Waals surface area contributed by atoms with Gasteiger partial charge in [-0.15, -0.1) is 0 Å². The molecule has 1 atom stereocenters. The third-order valence-corrected chi connectivity index (χ3v) is 3.19. The summed E-state index contributed by atoms with van der Waals surface area (Å²) in [7, 11) is 2.04. The van der Waals surface area contributed by atoms with Crippen molar-refractivity contribution in [2.45, 2.75) is 38.1 Å². The standard InChI is InChI=1S/C11H20N4/c1-15-7-6-13-11(15)5-4-10(14-12)8-9-2-3-9/h6-7,9-10,14H,2-5,8,12H2,1H3. The molecule has 1 aliphatic carbocycles. The van der Waals surface area contributed by atoms with Gasteiger partial charge in [0.1, 0.15) is 5.82 Å². The molecule has 1 aromatic heterocycles. The number of rotatable bonds is 6. The van der Waals surface area contributed by atoms with Gasteiger partial charge < -0.3 is 4.57 Å². The quantitative estimate of drug-likeness (QED) is 0.541. The molecule has 84 valence electrons. The van der Waals surface area contributed by atoms with Crippen LogP contribution in [0.2, 0.25) is 0 Å². The lowest BCUT2D eigenvalue weighted by molar-refractivity contribution is 0.436. The van der Waals surface area contributed by atoms with Gasteiger partial charge in [0.05, 0.1) is 0 Å². The molecule has 0 radical (unpaired) electrons. The predicted octanol–water partition coefficient (Wildman–Crippen LogP) is 0.985. The number of nitrogens with zero attached hydrogens (tertiary/aromatic N) is 2. The Morgan fingerprint density at radius 3 is 3.00 bits per heavy atom. The van der Waals surface area contributed by atoms with Crippen molar-refractivity contribution in [2.75, 3.05) is 0 Å². The summed E-state index contributed by atoms with van der Waals surface area (Å²) in [6.45, 7) is 0. The van der Waals surface area contributed by atoms with Crippen LogP contribution in [0.4, 0.5) is 0 Å². The molecule has 1 unspecified atom stereocenters. The average molecular weight is 208 g/mol. The summed E-state index contributed by atoms with van der Waals surface area (Å²) in [5, 5.41) is 0. The van der Waals surface area contributed by atoms with Crippen molar-refractivity contribution < 1.29 is 0 Å². The Balaban J connectivity index is 1.77. The van der Waals surface area contributed by atoms with Crippen molar-refractivity contribution in [1.29, 1.82) is 0 Å². The molecule has 1 saturated carbocycles. The number of nitrogens with one attached hydrogen (secondary N) is 1. The second kappa shape index (κ2) is 4.77. The van der Waals surface area contributed by atoms with Gasteiger partial charge in [0.25, 0.3) is 0 Å². The maximum atomic E-state index is 5.55. The fourth-order valence-corrected chi connectivity index (χ4v) is 1.97. The molecule has 15 heavy (non-hydrogen) atoms. The molecule has 0 amide bonds. The molecular formula is C11H20N4. The number of aryl methyl sites for hydroxylation is 2. The molecule has 1 aromatic rings. The van der Waals surface area contributed by atoms with Crippen molar-refractivity contribution in [3.8, 4) is 0 Å². The minimum Gasteiger partial charge on any atom is -0.338 e. The van der Waals surface area contributed by atoms with Crippen LogP contribution >= 0.6 is 0 Å². The van der Waals surface area contributed by atoms with E-state index in [-0.39, 0.29) is 0 Å². The lowest BCUT2D eigenvalue weighted by Crippen LogP contribution is -2.36. The second-order valence-electron chi connectivity index (χ2n) is 4.54. The monoisotopic (exact) mass is 208 g/mol. The normalized spacial score (nSPS) is 18.0. The first-order valence-electron chi connectivity index (χ1n) is 5.72. The first kappa shape index (κ1) is 10.6. The molecule has 0 aromatic carbocycles. The number of hydrazine groups is 1. The maximum absolute atomic E-state index is 5.55. The minimum atomic E-state index is 0.453. The Hall–Kier alpha value is -0.870. The molecule has 4 heteroatoms. The van der Waals surface area contributed by atoms with Gasteiger partial charge in [-0.2, -0.15) is 0 Å². The number of hydrogen-bond donors (Lipinski definition) is 2. The summed E-state index contributed by atoms with van der Waals surface area (Å²) in [4.78, 5) is 4.31. The zero-order valence-corrected chi connectivity index (χ0v) is 9.32. The fraction of sp³-hybridized carbons (Fsp3) is 0.727. The Bertz CT molecular complexity index is 303. The number of nitrogens with two attached hydrogens (primary N) is 1. The highest BCUT2D eigenvalue weighted by molar-refractivity contribution is 4.92. The largest absolute Gasteiger partial charge is 0.338 e. The molecule has 0 bridgehead atoms. The van der Waals surface area contributed by atoms with Gasteiger partial charge in [-0.25, -0.2) is 4.98 Å². The topological polar surface area (TPSA) is 55.9 Å². The van der Waals surface area contributed by atoms with E-state index in [2.05, 4.69) is 15.0 Å². The average Bonchev–Trinajstić information content (AvgIpc) is 2.96. The van der Waals surface area contributed by atoms with Crippen molar-refractivity contribution in [2.24, 2.45) is 18.8 Å². The van der Waals surface area contributed by atoms with Crippen LogP contribution in [0, 0.1) is 5.92 Å². The van der Waals surface area contributed by atoms with Crippen LogP contribution in [-0.2, 0) is 13.5 Å². The van der Waals surface area contributed by atoms with Crippen LogP contribution in [0.15, 0.2) is 12.4 Å². The zero-order chi connectivity index (χ0) is 10.7. The van der Waals surface area contributed by atoms with Crippen molar-refractivity contribution in [1.82, 2.24) is 15.0 Å². The molecule has 0 saturated heterocycles. The fourth-order valence-electron chi connectivity index (χ4n) is 1.97. The van der Waals surface area contributed by atoms with Gasteiger partial charge >= 0.3 is 0 Å². The van der Waals surface area contributed by atoms with E-state index in [1.54, 1.807) is 0 Å². The maximum Gasteiger partial charge on any atom is 0.108 e.